The Labute approximate surface area is 195 Å². The predicted molar refractivity (Wildman–Crippen MR) is 125 cm³/mol. The first-order valence-corrected chi connectivity index (χ1v) is 11.4. The molecule has 2 aliphatic heterocycles. The highest BCUT2D eigenvalue weighted by atomic mass is 35.5. The molecule has 7 nitrogen and oxygen atoms in total. The maximum atomic E-state index is 13.5. The summed E-state index contributed by atoms with van der Waals surface area (Å²) in [5.74, 6) is 0.969. The van der Waals surface area contributed by atoms with Crippen molar-refractivity contribution < 1.29 is 9.13 Å². The topological polar surface area (TPSA) is 70.2 Å². The molecule has 0 bridgehead atoms. The van der Waals surface area contributed by atoms with E-state index in [-0.39, 0.29) is 6.04 Å². The number of hydrogen-bond acceptors (Lipinski definition) is 6. The zero-order chi connectivity index (χ0) is 22.4. The average molecular weight is 465 g/mol. The molecule has 0 saturated carbocycles. The lowest BCUT2D eigenvalue weighted by molar-refractivity contribution is 0.122. The van der Waals surface area contributed by atoms with Crippen LogP contribution in [0, 0.1) is 5.82 Å². The summed E-state index contributed by atoms with van der Waals surface area (Å²) in [5.41, 5.74) is 4.34. The Morgan fingerprint density at radius 1 is 1.00 bits per heavy atom. The molecule has 0 amide bonds. The molecule has 33 heavy (non-hydrogen) atoms. The van der Waals surface area contributed by atoms with Crippen LogP contribution in [0.5, 0.6) is 0 Å². The smallest absolute Gasteiger partial charge is 0.226 e. The molecule has 1 atom stereocenters. The van der Waals surface area contributed by atoms with E-state index in [4.69, 9.17) is 21.3 Å². The molecule has 9 heteroatoms. The largest absolute Gasteiger partial charge is 0.378 e. The maximum absolute atomic E-state index is 13.5. The molecule has 1 fully saturated rings. The molecule has 6 rings (SSSR count). The van der Waals surface area contributed by atoms with Crippen LogP contribution in [-0.4, -0.2) is 52.8 Å². The lowest BCUT2D eigenvalue weighted by atomic mass is 9.93. The predicted octanol–water partition coefficient (Wildman–Crippen LogP) is 4.13. The number of aromatic amines is 1. The Bertz CT molecular complexity index is 1290. The number of morpholine rings is 1. The molecular weight excluding hydrogens is 443 g/mol. The first-order valence-electron chi connectivity index (χ1n) is 11.0. The van der Waals surface area contributed by atoms with E-state index in [1.807, 2.05) is 24.4 Å². The van der Waals surface area contributed by atoms with E-state index in [1.165, 1.54) is 18.0 Å². The summed E-state index contributed by atoms with van der Waals surface area (Å²) in [6.45, 7) is 3.77. The van der Waals surface area contributed by atoms with Gasteiger partial charge in [0.2, 0.25) is 5.95 Å². The number of H-pyrrole nitrogens is 1. The van der Waals surface area contributed by atoms with E-state index in [9.17, 15) is 4.39 Å². The second-order valence-electron chi connectivity index (χ2n) is 8.30. The van der Waals surface area contributed by atoms with Crippen LogP contribution in [0.15, 0.2) is 48.9 Å². The zero-order valence-corrected chi connectivity index (χ0v) is 18.6. The Morgan fingerprint density at radius 2 is 1.82 bits per heavy atom. The van der Waals surface area contributed by atoms with Crippen molar-refractivity contribution in [2.24, 2.45) is 0 Å². The number of nitrogens with one attached hydrogen (secondary N) is 1. The maximum Gasteiger partial charge on any atom is 0.226 e. The van der Waals surface area contributed by atoms with Gasteiger partial charge in [-0.2, -0.15) is 0 Å². The number of nitrogens with zero attached hydrogens (tertiary/aromatic N) is 5. The van der Waals surface area contributed by atoms with Crippen LogP contribution in [0.25, 0.3) is 10.9 Å². The van der Waals surface area contributed by atoms with Gasteiger partial charge in [0.1, 0.15) is 5.82 Å². The van der Waals surface area contributed by atoms with Crippen molar-refractivity contribution in [2.75, 3.05) is 42.6 Å². The van der Waals surface area contributed by atoms with Crippen molar-refractivity contribution in [3.05, 3.63) is 76.6 Å². The molecule has 5 heterocycles. The van der Waals surface area contributed by atoms with Gasteiger partial charge in [-0.1, -0.05) is 17.7 Å². The second kappa shape index (κ2) is 8.28. The summed E-state index contributed by atoms with van der Waals surface area (Å²) in [6.07, 6.45) is 5.13. The van der Waals surface area contributed by atoms with Gasteiger partial charge >= 0.3 is 0 Å². The molecule has 0 radical (unpaired) electrons. The molecule has 1 unspecified atom stereocenters. The van der Waals surface area contributed by atoms with Crippen molar-refractivity contribution >= 4 is 34.3 Å². The number of benzene rings is 1. The van der Waals surface area contributed by atoms with Gasteiger partial charge in [-0.05, 0) is 41.8 Å². The van der Waals surface area contributed by atoms with Gasteiger partial charge in [-0.25, -0.2) is 19.3 Å². The number of hydrogen-bond donors (Lipinski definition) is 1. The lowest BCUT2D eigenvalue weighted by Crippen LogP contribution is -2.38. The second-order valence-corrected chi connectivity index (χ2v) is 8.74. The highest BCUT2D eigenvalue weighted by Crippen LogP contribution is 2.40. The van der Waals surface area contributed by atoms with E-state index in [0.29, 0.717) is 30.7 Å². The number of pyridine rings is 1. The monoisotopic (exact) mass is 464 g/mol. The first kappa shape index (κ1) is 20.4. The van der Waals surface area contributed by atoms with Crippen LogP contribution < -0.4 is 9.80 Å². The molecular formula is C24H22ClFN6O. The normalized spacial score (nSPS) is 18.5. The zero-order valence-electron chi connectivity index (χ0n) is 17.8. The van der Waals surface area contributed by atoms with Crippen molar-refractivity contribution in [3.63, 3.8) is 0 Å². The van der Waals surface area contributed by atoms with E-state index >= 15 is 0 Å². The molecule has 1 aromatic carbocycles. The van der Waals surface area contributed by atoms with Crippen LogP contribution in [-0.2, 0) is 11.2 Å². The highest BCUT2D eigenvalue weighted by molar-refractivity contribution is 6.31. The molecule has 2 aliphatic rings. The number of fused-ring (bicyclic) bond motifs is 3. The third-order valence-corrected chi connectivity index (χ3v) is 6.61. The standard InChI is InChI=1S/C24H22ClFN6O/c25-16-2-3-20-19(11-16)18-5-6-32(24-28-13-17(26)14-29-24)23(22(18)30-20)15-1-4-21(27-12-15)31-7-9-33-10-8-31/h1-4,11-14,23,30H,5-10H2. The summed E-state index contributed by atoms with van der Waals surface area (Å²) in [4.78, 5) is 21.2. The van der Waals surface area contributed by atoms with Gasteiger partial charge in [0, 0.05) is 47.5 Å². The fourth-order valence-corrected chi connectivity index (χ4v) is 4.99. The summed E-state index contributed by atoms with van der Waals surface area (Å²) >= 11 is 6.30. The van der Waals surface area contributed by atoms with Crippen LogP contribution in [0.2, 0.25) is 5.02 Å². The van der Waals surface area contributed by atoms with E-state index < -0.39 is 5.82 Å². The van der Waals surface area contributed by atoms with Crippen molar-refractivity contribution in [1.29, 1.82) is 0 Å². The van der Waals surface area contributed by atoms with E-state index in [0.717, 1.165) is 47.5 Å². The molecule has 168 valence electrons. The van der Waals surface area contributed by atoms with Gasteiger partial charge in [0.25, 0.3) is 0 Å². The van der Waals surface area contributed by atoms with Crippen molar-refractivity contribution in [2.45, 2.75) is 12.5 Å². The number of aromatic nitrogens is 4. The summed E-state index contributed by atoms with van der Waals surface area (Å²) in [5, 5.41) is 1.83. The van der Waals surface area contributed by atoms with Gasteiger partial charge in [-0.3, -0.25) is 0 Å². The third kappa shape index (κ3) is 3.69. The summed E-state index contributed by atoms with van der Waals surface area (Å²) in [6, 6.07) is 9.88. The molecule has 0 spiro atoms. The number of anilines is 2. The quantitative estimate of drug-likeness (QED) is 0.491. The van der Waals surface area contributed by atoms with Gasteiger partial charge in [-0.15, -0.1) is 0 Å². The van der Waals surface area contributed by atoms with Gasteiger partial charge in [0.15, 0.2) is 5.82 Å². The fraction of sp³-hybridized carbons (Fsp3) is 0.292. The Morgan fingerprint density at radius 3 is 2.58 bits per heavy atom. The Hall–Kier alpha value is -3.23. The molecule has 4 aromatic rings. The molecule has 0 aliphatic carbocycles. The molecule has 3 aromatic heterocycles. The van der Waals surface area contributed by atoms with Crippen LogP contribution in [0.1, 0.15) is 22.9 Å². The first-order chi connectivity index (χ1) is 16.2. The third-order valence-electron chi connectivity index (χ3n) is 6.37. The van der Waals surface area contributed by atoms with E-state index in [2.05, 4.69) is 36.9 Å². The van der Waals surface area contributed by atoms with Crippen molar-refractivity contribution in [1.82, 2.24) is 19.9 Å². The molecule has 1 saturated heterocycles. The summed E-state index contributed by atoms with van der Waals surface area (Å²) < 4.78 is 19.0. The number of halogens is 2. The number of ether oxygens (including phenoxy) is 1. The van der Waals surface area contributed by atoms with Gasteiger partial charge < -0.3 is 19.5 Å². The van der Waals surface area contributed by atoms with E-state index in [1.54, 1.807) is 0 Å². The van der Waals surface area contributed by atoms with Crippen LogP contribution in [0.3, 0.4) is 0 Å². The minimum Gasteiger partial charge on any atom is -0.378 e. The minimum atomic E-state index is -0.454. The average Bonchev–Trinajstić information content (AvgIpc) is 3.22. The highest BCUT2D eigenvalue weighted by Gasteiger charge is 2.33. The van der Waals surface area contributed by atoms with Crippen LogP contribution in [0.4, 0.5) is 16.2 Å². The summed E-state index contributed by atoms with van der Waals surface area (Å²) in [7, 11) is 0. The lowest BCUT2D eigenvalue weighted by Gasteiger charge is -2.36. The number of rotatable bonds is 3. The molecule has 1 N–H and O–H groups in total. The Kier molecular flexibility index (Phi) is 5.11. The van der Waals surface area contributed by atoms with Gasteiger partial charge in [0.05, 0.1) is 31.6 Å². The minimum absolute atomic E-state index is 0.184. The Balaban J connectivity index is 1.45. The van der Waals surface area contributed by atoms with Crippen molar-refractivity contribution in [3.8, 4) is 0 Å². The SMILES string of the molecule is Fc1cnc(N2CCc3c([nH]c4ccc(Cl)cc34)C2c2ccc(N3CCOCC3)nc2)nc1. The fourth-order valence-electron chi connectivity index (χ4n) is 4.82. The van der Waals surface area contributed by atoms with Crippen LogP contribution >= 0.6 is 11.6 Å².